The summed E-state index contributed by atoms with van der Waals surface area (Å²) < 4.78 is 7.21. The Morgan fingerprint density at radius 2 is 1.56 bits per heavy atom. The maximum absolute atomic E-state index is 11.4. The van der Waals surface area contributed by atoms with Crippen molar-refractivity contribution >= 4 is 38.0 Å². The molecule has 0 saturated carbocycles. The van der Waals surface area contributed by atoms with E-state index < -0.39 is 11.7 Å². The molecule has 6 heteroatoms. The van der Waals surface area contributed by atoms with E-state index in [0.29, 0.717) is 13.1 Å². The molecule has 0 saturated heterocycles. The van der Waals surface area contributed by atoms with Gasteiger partial charge in [-0.3, -0.25) is 0 Å². The molecule has 0 bridgehead atoms. The second-order valence-electron chi connectivity index (χ2n) is 6.32. The van der Waals surface area contributed by atoms with Gasteiger partial charge in [-0.2, -0.15) is 0 Å². The summed E-state index contributed by atoms with van der Waals surface area (Å²) in [6.45, 7) is 6.59. The third kappa shape index (κ3) is 10.3. The fraction of sp³-hybridized carbons (Fsp3) is 0.316. The van der Waals surface area contributed by atoms with Gasteiger partial charge in [0.05, 0.1) is 0 Å². The SMILES string of the molecule is CC(C)(C)OC(=O)NCc1cccc(Br)c1.NCc1cccc(Br)c1. The highest BCUT2D eigenvalue weighted by Gasteiger charge is 2.15. The first-order chi connectivity index (χ1) is 11.7. The number of carbonyl (C=O) groups excluding carboxylic acids is 1. The van der Waals surface area contributed by atoms with E-state index in [2.05, 4.69) is 37.2 Å². The summed E-state index contributed by atoms with van der Waals surface area (Å²) in [6, 6.07) is 15.8. The monoisotopic (exact) mass is 470 g/mol. The van der Waals surface area contributed by atoms with Crippen molar-refractivity contribution in [1.29, 1.82) is 0 Å². The maximum atomic E-state index is 11.4. The number of benzene rings is 2. The van der Waals surface area contributed by atoms with Crippen molar-refractivity contribution in [2.24, 2.45) is 5.73 Å². The lowest BCUT2D eigenvalue weighted by Crippen LogP contribution is -2.32. The lowest BCUT2D eigenvalue weighted by atomic mass is 10.2. The van der Waals surface area contributed by atoms with Crippen LogP contribution in [-0.4, -0.2) is 11.7 Å². The van der Waals surface area contributed by atoms with Gasteiger partial charge in [-0.15, -0.1) is 0 Å². The molecule has 0 fully saturated rings. The van der Waals surface area contributed by atoms with Crippen LogP contribution in [0, 0.1) is 0 Å². The summed E-state index contributed by atoms with van der Waals surface area (Å²) in [5.41, 5.74) is 7.13. The summed E-state index contributed by atoms with van der Waals surface area (Å²) in [7, 11) is 0. The lowest BCUT2D eigenvalue weighted by molar-refractivity contribution is 0.0523. The minimum absolute atomic E-state index is 0.396. The first-order valence-electron chi connectivity index (χ1n) is 7.85. The number of rotatable bonds is 3. The van der Waals surface area contributed by atoms with Crippen LogP contribution in [0.15, 0.2) is 57.5 Å². The predicted molar refractivity (Wildman–Crippen MR) is 109 cm³/mol. The molecule has 3 N–H and O–H groups in total. The molecule has 0 unspecified atom stereocenters. The molecule has 2 aromatic carbocycles. The molecule has 0 aliphatic carbocycles. The van der Waals surface area contributed by atoms with Crippen LogP contribution >= 0.6 is 31.9 Å². The van der Waals surface area contributed by atoms with Gasteiger partial charge in [-0.1, -0.05) is 56.1 Å². The quantitative estimate of drug-likeness (QED) is 0.631. The lowest BCUT2D eigenvalue weighted by Gasteiger charge is -2.19. The van der Waals surface area contributed by atoms with Gasteiger partial charge in [0.15, 0.2) is 0 Å². The van der Waals surface area contributed by atoms with Gasteiger partial charge >= 0.3 is 6.09 Å². The first-order valence-corrected chi connectivity index (χ1v) is 9.44. The molecule has 0 aliphatic heterocycles. The molecular formula is C19H24Br2N2O2. The number of halogens is 2. The molecule has 1 amide bonds. The molecule has 0 radical (unpaired) electrons. The third-order valence-corrected chi connectivity index (χ3v) is 3.84. The van der Waals surface area contributed by atoms with Crippen molar-refractivity contribution in [2.75, 3.05) is 0 Å². The summed E-state index contributed by atoms with van der Waals surface area (Å²) >= 11 is 6.72. The number of hydrogen-bond donors (Lipinski definition) is 2. The molecule has 0 spiro atoms. The molecule has 2 rings (SSSR count). The van der Waals surface area contributed by atoms with Crippen LogP contribution in [0.3, 0.4) is 0 Å². The second-order valence-corrected chi connectivity index (χ2v) is 8.15. The Morgan fingerprint density at radius 1 is 1.04 bits per heavy atom. The van der Waals surface area contributed by atoms with Crippen molar-refractivity contribution in [3.05, 3.63) is 68.6 Å². The van der Waals surface area contributed by atoms with Crippen LogP contribution in [-0.2, 0) is 17.8 Å². The van der Waals surface area contributed by atoms with Crippen LogP contribution in [0.25, 0.3) is 0 Å². The number of ether oxygens (including phenoxy) is 1. The standard InChI is InChI=1S/C12H16BrNO2.C7H8BrN/c1-12(2,3)16-11(15)14-8-9-5-4-6-10(13)7-9;8-7-3-1-2-6(4-7)5-9/h4-7H,8H2,1-3H3,(H,14,15);1-4H,5,9H2. The van der Waals surface area contributed by atoms with Crippen molar-refractivity contribution in [3.63, 3.8) is 0 Å². The minimum atomic E-state index is -0.457. The highest BCUT2D eigenvalue weighted by atomic mass is 79.9. The molecule has 2 aromatic rings. The third-order valence-electron chi connectivity index (χ3n) is 2.85. The largest absolute Gasteiger partial charge is 0.444 e. The molecule has 0 atom stereocenters. The minimum Gasteiger partial charge on any atom is -0.444 e. The highest BCUT2D eigenvalue weighted by molar-refractivity contribution is 9.10. The fourth-order valence-electron chi connectivity index (χ4n) is 1.80. The zero-order valence-electron chi connectivity index (χ0n) is 14.7. The zero-order chi connectivity index (χ0) is 18.9. The average molecular weight is 472 g/mol. The van der Waals surface area contributed by atoms with Crippen molar-refractivity contribution < 1.29 is 9.53 Å². The molecule has 136 valence electrons. The summed E-state index contributed by atoms with van der Waals surface area (Å²) in [5, 5.41) is 2.70. The number of amides is 1. The van der Waals surface area contributed by atoms with Gasteiger partial charge in [-0.05, 0) is 56.2 Å². The van der Waals surface area contributed by atoms with E-state index in [0.717, 1.165) is 20.1 Å². The van der Waals surface area contributed by atoms with Crippen LogP contribution < -0.4 is 11.1 Å². The Morgan fingerprint density at radius 3 is 2.00 bits per heavy atom. The molecule has 0 heterocycles. The van der Waals surface area contributed by atoms with E-state index in [1.165, 1.54) is 0 Å². The first kappa shape index (κ1) is 21.7. The van der Waals surface area contributed by atoms with E-state index in [1.54, 1.807) is 0 Å². The van der Waals surface area contributed by atoms with Gasteiger partial charge in [0.25, 0.3) is 0 Å². The number of nitrogens with two attached hydrogens (primary N) is 1. The zero-order valence-corrected chi connectivity index (χ0v) is 17.9. The van der Waals surface area contributed by atoms with Crippen LogP contribution in [0.5, 0.6) is 0 Å². The molecular weight excluding hydrogens is 448 g/mol. The van der Waals surface area contributed by atoms with Crippen molar-refractivity contribution in [3.8, 4) is 0 Å². The highest BCUT2D eigenvalue weighted by Crippen LogP contribution is 2.12. The fourth-order valence-corrected chi connectivity index (χ4v) is 2.69. The Bertz CT molecular complexity index is 685. The smallest absolute Gasteiger partial charge is 0.407 e. The van der Waals surface area contributed by atoms with Crippen LogP contribution in [0.4, 0.5) is 4.79 Å². The topological polar surface area (TPSA) is 64.3 Å². The van der Waals surface area contributed by atoms with Gasteiger partial charge in [0, 0.05) is 22.0 Å². The van der Waals surface area contributed by atoms with Crippen LogP contribution in [0.2, 0.25) is 0 Å². The van der Waals surface area contributed by atoms with E-state index in [1.807, 2.05) is 69.3 Å². The Labute approximate surface area is 166 Å². The molecule has 0 aliphatic rings. The summed E-state index contributed by atoms with van der Waals surface area (Å²) in [4.78, 5) is 11.4. The Hall–Kier alpha value is -1.37. The summed E-state index contributed by atoms with van der Waals surface area (Å²) in [5.74, 6) is 0. The summed E-state index contributed by atoms with van der Waals surface area (Å²) in [6.07, 6.45) is -0.396. The molecule has 0 aromatic heterocycles. The number of hydrogen-bond acceptors (Lipinski definition) is 3. The second kappa shape index (κ2) is 10.6. The van der Waals surface area contributed by atoms with Gasteiger partial charge < -0.3 is 15.8 Å². The number of nitrogens with one attached hydrogen (secondary N) is 1. The number of alkyl carbamates (subject to hydrolysis) is 1. The predicted octanol–water partition coefficient (Wildman–Crippen LogP) is 5.38. The van der Waals surface area contributed by atoms with E-state index in [9.17, 15) is 4.79 Å². The van der Waals surface area contributed by atoms with Crippen LogP contribution in [0.1, 0.15) is 31.9 Å². The maximum Gasteiger partial charge on any atom is 0.407 e. The number of carbonyl (C=O) groups is 1. The average Bonchev–Trinajstić information content (AvgIpc) is 2.52. The van der Waals surface area contributed by atoms with Gasteiger partial charge in [0.2, 0.25) is 0 Å². The normalized spacial score (nSPS) is 10.5. The van der Waals surface area contributed by atoms with Gasteiger partial charge in [0.1, 0.15) is 5.60 Å². The molecule has 4 nitrogen and oxygen atoms in total. The van der Waals surface area contributed by atoms with Crippen molar-refractivity contribution in [2.45, 2.75) is 39.5 Å². The van der Waals surface area contributed by atoms with E-state index in [4.69, 9.17) is 10.5 Å². The van der Waals surface area contributed by atoms with E-state index in [-0.39, 0.29) is 0 Å². The van der Waals surface area contributed by atoms with E-state index >= 15 is 0 Å². The van der Waals surface area contributed by atoms with Crippen molar-refractivity contribution in [1.82, 2.24) is 5.32 Å². The Kier molecular flexibility index (Phi) is 9.17. The molecule has 25 heavy (non-hydrogen) atoms. The Balaban J connectivity index is 0.000000293. The van der Waals surface area contributed by atoms with Gasteiger partial charge in [-0.25, -0.2) is 4.79 Å².